The third-order valence-corrected chi connectivity index (χ3v) is 4.79. The second-order valence-electron chi connectivity index (χ2n) is 5.59. The van der Waals surface area contributed by atoms with Crippen molar-refractivity contribution >= 4 is 27.6 Å². The molecule has 0 spiro atoms. The molecule has 0 aromatic heterocycles. The topological polar surface area (TPSA) is 102 Å². The number of esters is 1. The normalized spacial score (nSPS) is 13.8. The summed E-state index contributed by atoms with van der Waals surface area (Å²) >= 11 is 0. The SMILES string of the molecule is CCCCS(=O)(=O)N[C@@H](C)C(=O)O[C@H](C)C(=O)Nc1ccc(F)cc1. The van der Waals surface area contributed by atoms with E-state index in [9.17, 15) is 22.4 Å². The Bertz CT molecular complexity index is 691. The van der Waals surface area contributed by atoms with Crippen LogP contribution in [0.5, 0.6) is 0 Å². The maximum absolute atomic E-state index is 12.8. The number of halogens is 1. The van der Waals surface area contributed by atoms with Crippen LogP contribution in [0.3, 0.4) is 0 Å². The highest BCUT2D eigenvalue weighted by Crippen LogP contribution is 2.09. The van der Waals surface area contributed by atoms with Crippen LogP contribution in [0.4, 0.5) is 10.1 Å². The minimum atomic E-state index is -3.58. The van der Waals surface area contributed by atoms with Gasteiger partial charge in [-0.15, -0.1) is 0 Å². The van der Waals surface area contributed by atoms with Gasteiger partial charge in [0, 0.05) is 5.69 Å². The predicted octanol–water partition coefficient (Wildman–Crippen LogP) is 1.80. The van der Waals surface area contributed by atoms with Gasteiger partial charge in [-0.3, -0.25) is 9.59 Å². The van der Waals surface area contributed by atoms with E-state index in [1.54, 1.807) is 0 Å². The zero-order valence-electron chi connectivity index (χ0n) is 14.4. The lowest BCUT2D eigenvalue weighted by Crippen LogP contribution is -2.43. The molecule has 25 heavy (non-hydrogen) atoms. The van der Waals surface area contributed by atoms with E-state index in [2.05, 4.69) is 10.0 Å². The van der Waals surface area contributed by atoms with Gasteiger partial charge in [0.15, 0.2) is 6.10 Å². The summed E-state index contributed by atoms with van der Waals surface area (Å²) in [6.07, 6.45) is 0.0496. The number of carbonyl (C=O) groups is 2. The van der Waals surface area contributed by atoms with E-state index in [1.165, 1.54) is 38.1 Å². The van der Waals surface area contributed by atoms with E-state index >= 15 is 0 Å². The van der Waals surface area contributed by atoms with E-state index < -0.39 is 39.9 Å². The van der Waals surface area contributed by atoms with Gasteiger partial charge in [-0.05, 0) is 44.5 Å². The maximum atomic E-state index is 12.8. The lowest BCUT2D eigenvalue weighted by atomic mass is 10.3. The highest BCUT2D eigenvalue weighted by atomic mass is 32.2. The van der Waals surface area contributed by atoms with Crippen LogP contribution < -0.4 is 10.0 Å². The van der Waals surface area contributed by atoms with Crippen LogP contribution in [0.25, 0.3) is 0 Å². The van der Waals surface area contributed by atoms with Gasteiger partial charge < -0.3 is 10.1 Å². The summed E-state index contributed by atoms with van der Waals surface area (Å²) in [5.41, 5.74) is 0.350. The number of benzene rings is 1. The Morgan fingerprint density at radius 3 is 2.36 bits per heavy atom. The largest absolute Gasteiger partial charge is 0.451 e. The van der Waals surface area contributed by atoms with E-state index in [1.807, 2.05) is 6.92 Å². The molecule has 0 unspecified atom stereocenters. The Morgan fingerprint density at radius 1 is 1.20 bits per heavy atom. The van der Waals surface area contributed by atoms with Crippen molar-refractivity contribution in [3.63, 3.8) is 0 Å². The Labute approximate surface area is 147 Å². The Kier molecular flexibility index (Phi) is 7.98. The first-order valence-electron chi connectivity index (χ1n) is 7.91. The van der Waals surface area contributed by atoms with Crippen molar-refractivity contribution in [1.82, 2.24) is 4.72 Å². The van der Waals surface area contributed by atoms with Gasteiger partial charge in [0.05, 0.1) is 5.75 Å². The Morgan fingerprint density at radius 2 is 1.80 bits per heavy atom. The average molecular weight is 374 g/mol. The monoisotopic (exact) mass is 374 g/mol. The van der Waals surface area contributed by atoms with Crippen molar-refractivity contribution < 1.29 is 27.1 Å². The molecule has 0 aliphatic rings. The zero-order valence-corrected chi connectivity index (χ0v) is 15.2. The number of hydrogen-bond donors (Lipinski definition) is 2. The Balaban J connectivity index is 2.54. The van der Waals surface area contributed by atoms with Gasteiger partial charge in [-0.1, -0.05) is 13.3 Å². The molecule has 0 bridgehead atoms. The van der Waals surface area contributed by atoms with Crippen LogP contribution in [-0.2, 0) is 24.3 Å². The molecule has 0 fully saturated rings. The summed E-state index contributed by atoms with van der Waals surface area (Å²) in [6, 6.07) is 3.99. The van der Waals surface area contributed by atoms with E-state index in [4.69, 9.17) is 4.74 Å². The zero-order chi connectivity index (χ0) is 19.0. The van der Waals surface area contributed by atoms with Crippen LogP contribution in [-0.4, -0.2) is 38.2 Å². The fourth-order valence-corrected chi connectivity index (χ4v) is 3.24. The minimum absolute atomic E-state index is 0.0816. The molecule has 0 aliphatic carbocycles. The molecule has 140 valence electrons. The molecule has 1 amide bonds. The smallest absolute Gasteiger partial charge is 0.324 e. The molecule has 2 N–H and O–H groups in total. The number of amides is 1. The molecule has 0 saturated heterocycles. The van der Waals surface area contributed by atoms with Crippen LogP contribution in [0, 0.1) is 5.82 Å². The lowest BCUT2D eigenvalue weighted by molar-refractivity contribution is -0.154. The molecule has 1 aromatic carbocycles. The van der Waals surface area contributed by atoms with Crippen molar-refractivity contribution in [1.29, 1.82) is 0 Å². The second kappa shape index (κ2) is 9.47. The first kappa shape index (κ1) is 21.0. The third-order valence-electron chi connectivity index (χ3n) is 3.25. The number of nitrogens with one attached hydrogen (secondary N) is 2. The van der Waals surface area contributed by atoms with E-state index in [0.717, 1.165) is 0 Å². The van der Waals surface area contributed by atoms with Gasteiger partial charge >= 0.3 is 5.97 Å². The average Bonchev–Trinajstić information content (AvgIpc) is 2.54. The first-order chi connectivity index (χ1) is 11.6. The highest BCUT2D eigenvalue weighted by Gasteiger charge is 2.25. The molecule has 0 aliphatic heterocycles. The summed E-state index contributed by atoms with van der Waals surface area (Å²) in [5.74, 6) is -1.99. The summed E-state index contributed by atoms with van der Waals surface area (Å²) in [4.78, 5) is 23.9. The molecule has 0 heterocycles. The van der Waals surface area contributed by atoms with Crippen molar-refractivity contribution in [3.8, 4) is 0 Å². The molecule has 9 heteroatoms. The molecular weight excluding hydrogens is 351 g/mol. The molecule has 0 saturated carbocycles. The number of unbranched alkanes of at least 4 members (excludes halogenated alkanes) is 1. The molecule has 1 aromatic rings. The van der Waals surface area contributed by atoms with Gasteiger partial charge in [-0.25, -0.2) is 17.5 Å². The number of rotatable bonds is 9. The quantitative estimate of drug-likeness (QED) is 0.642. The number of sulfonamides is 1. The third kappa shape index (κ3) is 7.61. The number of anilines is 1. The number of hydrogen-bond acceptors (Lipinski definition) is 5. The summed E-state index contributed by atoms with van der Waals surface area (Å²) in [5, 5.41) is 2.47. The van der Waals surface area contributed by atoms with Crippen molar-refractivity contribution in [3.05, 3.63) is 30.1 Å². The fraction of sp³-hybridized carbons (Fsp3) is 0.500. The second-order valence-corrected chi connectivity index (χ2v) is 7.46. The molecule has 1 rings (SSSR count). The maximum Gasteiger partial charge on any atom is 0.324 e. The minimum Gasteiger partial charge on any atom is -0.451 e. The van der Waals surface area contributed by atoms with Crippen molar-refractivity contribution in [2.75, 3.05) is 11.1 Å². The van der Waals surface area contributed by atoms with Crippen LogP contribution >= 0.6 is 0 Å². The van der Waals surface area contributed by atoms with Crippen LogP contribution in [0.2, 0.25) is 0 Å². The van der Waals surface area contributed by atoms with Crippen molar-refractivity contribution in [2.45, 2.75) is 45.8 Å². The molecule has 0 radical (unpaired) electrons. The number of ether oxygens (including phenoxy) is 1. The van der Waals surface area contributed by atoms with Gasteiger partial charge in [0.2, 0.25) is 10.0 Å². The molecule has 2 atom stereocenters. The molecule has 7 nitrogen and oxygen atoms in total. The standard InChI is InChI=1S/C16H23FN2O5S/c1-4-5-10-25(22,23)19-11(2)16(21)24-12(3)15(20)18-14-8-6-13(17)7-9-14/h6-9,11-12,19H,4-5,10H2,1-3H3,(H,18,20)/t11-,12+/m0/s1. The first-order valence-corrected chi connectivity index (χ1v) is 9.56. The lowest BCUT2D eigenvalue weighted by Gasteiger charge is -2.17. The molecular formula is C16H23FN2O5S. The Hall–Kier alpha value is -2.00. The number of carbonyl (C=O) groups excluding carboxylic acids is 2. The summed E-state index contributed by atoms with van der Waals surface area (Å²) in [7, 11) is -3.58. The van der Waals surface area contributed by atoms with Gasteiger partial charge in [0.25, 0.3) is 5.91 Å². The van der Waals surface area contributed by atoms with Gasteiger partial charge in [0.1, 0.15) is 11.9 Å². The predicted molar refractivity (Wildman–Crippen MR) is 91.9 cm³/mol. The van der Waals surface area contributed by atoms with Crippen LogP contribution in [0.15, 0.2) is 24.3 Å². The van der Waals surface area contributed by atoms with Crippen molar-refractivity contribution in [2.24, 2.45) is 0 Å². The van der Waals surface area contributed by atoms with E-state index in [0.29, 0.717) is 18.5 Å². The van der Waals surface area contributed by atoms with Crippen LogP contribution in [0.1, 0.15) is 33.6 Å². The van der Waals surface area contributed by atoms with Gasteiger partial charge in [-0.2, -0.15) is 0 Å². The fourth-order valence-electron chi connectivity index (χ4n) is 1.82. The summed E-state index contributed by atoms with van der Waals surface area (Å²) in [6.45, 7) is 4.56. The van der Waals surface area contributed by atoms with E-state index in [-0.39, 0.29) is 5.75 Å². The highest BCUT2D eigenvalue weighted by molar-refractivity contribution is 7.89. The summed E-state index contributed by atoms with van der Waals surface area (Å²) < 4.78 is 43.5.